The molecule has 1 amide bonds. The summed E-state index contributed by atoms with van der Waals surface area (Å²) in [6.07, 6.45) is 15.6. The number of nitrogens with one attached hydrogen (secondary N) is 2. The Morgan fingerprint density at radius 1 is 1.26 bits per heavy atom. The number of hydrogen-bond acceptors (Lipinski definition) is 4. The van der Waals surface area contributed by atoms with Crippen molar-refractivity contribution in [3.63, 3.8) is 0 Å². The van der Waals surface area contributed by atoms with Gasteiger partial charge in [-0.05, 0) is 43.5 Å². The van der Waals surface area contributed by atoms with Crippen LogP contribution in [0.1, 0.15) is 63.5 Å². The minimum atomic E-state index is 0.189. The quantitative estimate of drug-likeness (QED) is 0.489. The summed E-state index contributed by atoms with van der Waals surface area (Å²) in [6, 6.07) is 2.01. The zero-order valence-electron chi connectivity index (χ0n) is 18.3. The van der Waals surface area contributed by atoms with Gasteiger partial charge in [0.25, 0.3) is 0 Å². The highest BCUT2D eigenvalue weighted by molar-refractivity contribution is 6.36. The fraction of sp³-hybridized carbons (Fsp3) is 0.522. The first-order chi connectivity index (χ1) is 15.1. The predicted octanol–water partition coefficient (Wildman–Crippen LogP) is 3.18. The molecule has 1 saturated carbocycles. The summed E-state index contributed by atoms with van der Waals surface area (Å²) < 4.78 is 1.83. The van der Waals surface area contributed by atoms with Crippen LogP contribution >= 0.6 is 11.6 Å². The summed E-state index contributed by atoms with van der Waals surface area (Å²) in [7, 11) is 2.01. The number of carbonyl (C=O) groups is 1. The largest absolute Gasteiger partial charge is 0.370 e. The summed E-state index contributed by atoms with van der Waals surface area (Å²) in [5.41, 5.74) is 3.70. The van der Waals surface area contributed by atoms with Gasteiger partial charge < -0.3 is 10.6 Å². The summed E-state index contributed by atoms with van der Waals surface area (Å²) in [5, 5.41) is 11.9. The highest BCUT2D eigenvalue weighted by Crippen LogP contribution is 2.30. The monoisotopic (exact) mass is 439 g/mol. The third kappa shape index (κ3) is 5.51. The average molecular weight is 440 g/mol. The van der Waals surface area contributed by atoms with Gasteiger partial charge in [0.2, 0.25) is 5.91 Å². The van der Waals surface area contributed by atoms with Gasteiger partial charge in [-0.3, -0.25) is 4.79 Å². The van der Waals surface area contributed by atoms with E-state index in [0.29, 0.717) is 18.9 Å². The van der Waals surface area contributed by atoms with E-state index in [9.17, 15) is 4.79 Å². The number of rotatable bonds is 8. The van der Waals surface area contributed by atoms with Crippen molar-refractivity contribution in [3.05, 3.63) is 35.1 Å². The van der Waals surface area contributed by atoms with Gasteiger partial charge in [0.1, 0.15) is 13.7 Å². The van der Waals surface area contributed by atoms with Gasteiger partial charge in [-0.15, -0.1) is 0 Å². The van der Waals surface area contributed by atoms with E-state index in [1.807, 2.05) is 24.6 Å². The van der Waals surface area contributed by atoms with Crippen LogP contribution in [0, 0.1) is 5.92 Å². The first kappa shape index (κ1) is 21.9. The van der Waals surface area contributed by atoms with Crippen LogP contribution in [-0.4, -0.2) is 41.4 Å². The van der Waals surface area contributed by atoms with Crippen molar-refractivity contribution in [1.29, 1.82) is 0 Å². The summed E-state index contributed by atoms with van der Waals surface area (Å²) in [4.78, 5) is 17.0. The number of carbonyl (C=O) groups excluding carboxylic acids is 1. The molecule has 2 N–H and O–H groups in total. The highest BCUT2D eigenvalue weighted by atomic mass is 35.5. The smallest absolute Gasteiger partial charge is 0.220 e. The number of allylic oxidation sites excluding steroid dienone is 4. The number of anilines is 1. The van der Waals surface area contributed by atoms with E-state index in [4.69, 9.17) is 16.6 Å². The molecule has 2 aromatic rings. The van der Waals surface area contributed by atoms with Gasteiger partial charge >= 0.3 is 0 Å². The Kier molecular flexibility index (Phi) is 7.33. The van der Waals surface area contributed by atoms with Crippen LogP contribution in [0.25, 0.3) is 11.2 Å². The van der Waals surface area contributed by atoms with Crippen molar-refractivity contribution < 1.29 is 4.79 Å². The van der Waals surface area contributed by atoms with Crippen molar-refractivity contribution in [3.8, 4) is 0 Å². The number of halogens is 1. The maximum absolute atomic E-state index is 12.2. The molecule has 8 heteroatoms. The number of aromatic nitrogens is 3. The Morgan fingerprint density at radius 2 is 2.10 bits per heavy atom. The molecule has 0 aromatic carbocycles. The molecule has 4 rings (SSSR count). The molecule has 1 fully saturated rings. The summed E-state index contributed by atoms with van der Waals surface area (Å²) in [6.45, 7) is 1.42. The Morgan fingerprint density at radius 3 is 2.90 bits per heavy atom. The normalized spacial score (nSPS) is 17.3. The third-order valence-electron chi connectivity index (χ3n) is 6.21. The Labute approximate surface area is 189 Å². The van der Waals surface area contributed by atoms with Crippen LogP contribution in [-0.2, 0) is 4.79 Å². The lowest BCUT2D eigenvalue weighted by Gasteiger charge is -2.20. The zero-order chi connectivity index (χ0) is 21.6. The molecule has 0 atom stereocenters. The van der Waals surface area contributed by atoms with E-state index in [1.165, 1.54) is 32.1 Å². The van der Waals surface area contributed by atoms with E-state index in [-0.39, 0.29) is 5.91 Å². The van der Waals surface area contributed by atoms with Gasteiger partial charge in [0.15, 0.2) is 5.65 Å². The molecule has 31 heavy (non-hydrogen) atoms. The fourth-order valence-electron chi connectivity index (χ4n) is 4.46. The van der Waals surface area contributed by atoms with Crippen LogP contribution < -0.4 is 16.1 Å². The molecule has 2 aliphatic rings. The Balaban J connectivity index is 1.35. The van der Waals surface area contributed by atoms with Gasteiger partial charge in [-0.1, -0.05) is 43.0 Å². The molecule has 2 aromatic heterocycles. The van der Waals surface area contributed by atoms with Crippen molar-refractivity contribution in [2.45, 2.75) is 57.8 Å². The second kappa shape index (κ2) is 10.4. The lowest BCUT2D eigenvalue weighted by Crippen LogP contribution is -2.28. The van der Waals surface area contributed by atoms with Crippen LogP contribution in [0.15, 0.2) is 29.4 Å². The summed E-state index contributed by atoms with van der Waals surface area (Å²) >= 11 is 6.48. The molecule has 6 nitrogen and oxygen atoms in total. The molecule has 0 spiro atoms. The second-order valence-electron chi connectivity index (χ2n) is 8.69. The average Bonchev–Trinajstić information content (AvgIpc) is 3.15. The van der Waals surface area contributed by atoms with E-state index in [0.717, 1.165) is 59.0 Å². The van der Waals surface area contributed by atoms with Gasteiger partial charge in [0, 0.05) is 42.4 Å². The predicted molar refractivity (Wildman–Crippen MR) is 130 cm³/mol. The van der Waals surface area contributed by atoms with Crippen LogP contribution in [0.4, 0.5) is 5.82 Å². The minimum absolute atomic E-state index is 0.189. The highest BCUT2D eigenvalue weighted by Gasteiger charge is 2.17. The SMILES string of the molecule is Bc1cnn2c(NCCCNC(=O)CC3CCCCC3)cc(C3=C(Cl)CCC=C3)nc12. The number of nitrogens with zero attached hydrogens (tertiary/aromatic N) is 3. The molecule has 0 aliphatic heterocycles. The van der Waals surface area contributed by atoms with Crippen molar-refractivity contribution in [2.24, 2.45) is 5.92 Å². The Bertz CT molecular complexity index is 993. The molecule has 0 saturated heterocycles. The summed E-state index contributed by atoms with van der Waals surface area (Å²) in [5.74, 6) is 1.65. The van der Waals surface area contributed by atoms with E-state index < -0.39 is 0 Å². The molecule has 2 aliphatic carbocycles. The second-order valence-corrected chi connectivity index (χ2v) is 9.14. The van der Waals surface area contributed by atoms with Crippen molar-refractivity contribution in [1.82, 2.24) is 19.9 Å². The van der Waals surface area contributed by atoms with Gasteiger partial charge in [-0.2, -0.15) is 9.61 Å². The lowest BCUT2D eigenvalue weighted by atomic mass is 9.87. The molecular weight excluding hydrogens is 409 g/mol. The third-order valence-corrected chi connectivity index (χ3v) is 6.60. The molecule has 0 unspecified atom stereocenters. The molecule has 2 heterocycles. The first-order valence-electron chi connectivity index (χ1n) is 11.5. The molecular formula is C23H31BClN5O. The van der Waals surface area contributed by atoms with Crippen LogP contribution in [0.2, 0.25) is 0 Å². The maximum atomic E-state index is 12.2. The number of hydrogen-bond donors (Lipinski definition) is 2. The van der Waals surface area contributed by atoms with E-state index in [2.05, 4.69) is 27.9 Å². The van der Waals surface area contributed by atoms with E-state index in [1.54, 1.807) is 0 Å². The Hall–Kier alpha value is -2.28. The fourth-order valence-corrected chi connectivity index (χ4v) is 4.72. The maximum Gasteiger partial charge on any atom is 0.220 e. The van der Waals surface area contributed by atoms with E-state index >= 15 is 0 Å². The first-order valence-corrected chi connectivity index (χ1v) is 11.9. The van der Waals surface area contributed by atoms with Crippen molar-refractivity contribution >= 4 is 47.9 Å². The van der Waals surface area contributed by atoms with Gasteiger partial charge in [0.05, 0.1) is 5.69 Å². The van der Waals surface area contributed by atoms with Crippen molar-refractivity contribution in [2.75, 3.05) is 18.4 Å². The molecule has 0 radical (unpaired) electrons. The topological polar surface area (TPSA) is 71.3 Å². The number of amides is 1. The molecule has 0 bridgehead atoms. The number of fused-ring (bicyclic) bond motifs is 1. The standard InChI is InChI=1S/C23H31BClN5O/c24-18-15-28-30-21(14-20(29-23(18)30)17-9-4-5-10-19(17)25)26-11-6-12-27-22(31)13-16-7-2-1-3-8-16/h4,9,14-16,26H,1-3,5-8,10-13,24H2,(H,27,31). The zero-order valence-corrected chi connectivity index (χ0v) is 19.0. The van der Waals surface area contributed by atoms with Gasteiger partial charge in [-0.25, -0.2) is 4.98 Å². The minimum Gasteiger partial charge on any atom is -0.370 e. The van der Waals surface area contributed by atoms with Crippen LogP contribution in [0.3, 0.4) is 0 Å². The van der Waals surface area contributed by atoms with Crippen LogP contribution in [0.5, 0.6) is 0 Å². The molecule has 164 valence electrons. The lowest BCUT2D eigenvalue weighted by molar-refractivity contribution is -0.122.